The number of esters is 1. The first kappa shape index (κ1) is 14.2. The Hall–Kier alpha value is -1.78. The smallest absolute Gasteiger partial charge is 0.330 e. The van der Waals surface area contributed by atoms with E-state index in [1.54, 1.807) is 13.0 Å². The second-order valence-corrected chi connectivity index (χ2v) is 5.26. The summed E-state index contributed by atoms with van der Waals surface area (Å²) in [5.41, 5.74) is 2.95. The molecule has 0 amide bonds. The van der Waals surface area contributed by atoms with Gasteiger partial charge >= 0.3 is 5.97 Å². The molecule has 0 spiro atoms. The van der Waals surface area contributed by atoms with Crippen molar-refractivity contribution >= 4 is 34.6 Å². The number of rotatable bonds is 3. The second kappa shape index (κ2) is 5.92. The summed E-state index contributed by atoms with van der Waals surface area (Å²) in [5, 5.41) is 5.18. The average Bonchev–Trinajstić information content (AvgIpc) is 2.66. The molecule has 0 saturated heterocycles. The topological polar surface area (TPSA) is 51.5 Å². The van der Waals surface area contributed by atoms with E-state index in [0.29, 0.717) is 18.9 Å². The Bertz CT molecular complexity index is 718. The van der Waals surface area contributed by atoms with Gasteiger partial charge in [-0.05, 0) is 43.7 Å². The Morgan fingerprint density at radius 2 is 2.33 bits per heavy atom. The molecule has 0 aliphatic carbocycles. The van der Waals surface area contributed by atoms with E-state index >= 15 is 0 Å². The van der Waals surface area contributed by atoms with Crippen LogP contribution in [0.3, 0.4) is 0 Å². The Morgan fingerprint density at radius 1 is 1.48 bits per heavy atom. The molecular weight excluding hydrogens is 290 g/mol. The van der Waals surface area contributed by atoms with Crippen LogP contribution in [0.1, 0.15) is 23.8 Å². The van der Waals surface area contributed by atoms with Crippen molar-refractivity contribution in [2.24, 2.45) is 0 Å². The van der Waals surface area contributed by atoms with Crippen LogP contribution in [0.4, 0.5) is 0 Å². The van der Waals surface area contributed by atoms with Gasteiger partial charge in [-0.2, -0.15) is 0 Å². The predicted molar refractivity (Wildman–Crippen MR) is 82.3 cm³/mol. The minimum Gasteiger partial charge on any atom is -0.463 e. The molecule has 3 rings (SSSR count). The van der Waals surface area contributed by atoms with Gasteiger partial charge in [0.25, 0.3) is 0 Å². The maximum atomic E-state index is 11.4. The third kappa shape index (κ3) is 2.69. The van der Waals surface area contributed by atoms with Crippen LogP contribution in [0.2, 0.25) is 5.02 Å². The van der Waals surface area contributed by atoms with Crippen LogP contribution in [0, 0.1) is 0 Å². The van der Waals surface area contributed by atoms with Crippen LogP contribution >= 0.6 is 11.6 Å². The van der Waals surface area contributed by atoms with Crippen LogP contribution in [-0.4, -0.2) is 19.1 Å². The second-order valence-electron chi connectivity index (χ2n) is 4.86. The fourth-order valence-corrected chi connectivity index (χ4v) is 2.89. The van der Waals surface area contributed by atoms with Gasteiger partial charge in [0.05, 0.1) is 6.61 Å². The molecule has 4 nitrogen and oxygen atoms in total. The van der Waals surface area contributed by atoms with E-state index < -0.39 is 0 Å². The largest absolute Gasteiger partial charge is 0.463 e. The summed E-state index contributed by atoms with van der Waals surface area (Å²) in [6, 6.07) is 3.73. The number of hydrogen-bond acceptors (Lipinski definition) is 4. The van der Waals surface area contributed by atoms with Gasteiger partial charge in [-0.3, -0.25) is 0 Å². The quantitative estimate of drug-likeness (QED) is 0.698. The molecule has 2 aromatic rings. The first-order valence-electron chi connectivity index (χ1n) is 6.99. The maximum absolute atomic E-state index is 11.4. The van der Waals surface area contributed by atoms with Crippen molar-refractivity contribution in [3.8, 4) is 0 Å². The summed E-state index contributed by atoms with van der Waals surface area (Å²) in [6.07, 6.45) is 3.92. The van der Waals surface area contributed by atoms with E-state index in [0.717, 1.165) is 40.1 Å². The van der Waals surface area contributed by atoms with Gasteiger partial charge in [0.1, 0.15) is 11.3 Å². The number of benzene rings is 1. The number of furan rings is 1. The van der Waals surface area contributed by atoms with Gasteiger partial charge in [0, 0.05) is 28.6 Å². The van der Waals surface area contributed by atoms with Crippen LogP contribution in [0.5, 0.6) is 0 Å². The van der Waals surface area contributed by atoms with E-state index in [2.05, 4.69) is 5.32 Å². The molecule has 0 radical (unpaired) electrons. The zero-order valence-corrected chi connectivity index (χ0v) is 12.5. The summed E-state index contributed by atoms with van der Waals surface area (Å²) >= 11 is 6.30. The minimum absolute atomic E-state index is 0.359. The summed E-state index contributed by atoms with van der Waals surface area (Å²) in [6.45, 7) is 3.70. The van der Waals surface area contributed by atoms with Gasteiger partial charge < -0.3 is 14.5 Å². The molecule has 0 unspecified atom stereocenters. The van der Waals surface area contributed by atoms with E-state index in [1.807, 2.05) is 12.1 Å². The lowest BCUT2D eigenvalue weighted by molar-refractivity contribution is -0.137. The first-order valence-corrected chi connectivity index (χ1v) is 7.36. The molecule has 21 heavy (non-hydrogen) atoms. The molecule has 0 fully saturated rings. The van der Waals surface area contributed by atoms with Crippen molar-refractivity contribution in [3.05, 3.63) is 40.1 Å². The monoisotopic (exact) mass is 305 g/mol. The molecule has 0 bridgehead atoms. The third-order valence-corrected chi connectivity index (χ3v) is 3.90. The Kier molecular flexibility index (Phi) is 3.99. The van der Waals surface area contributed by atoms with Crippen molar-refractivity contribution in [1.29, 1.82) is 0 Å². The standard InChI is InChI=1S/C16H16ClNO3/c1-2-20-15(19)6-5-13-11-9-18-8-7-10-12(17)3-4-14(21-13)16(10)11/h3-6,18H,2,7-9H2,1H3. The van der Waals surface area contributed by atoms with E-state index in [1.165, 1.54) is 6.08 Å². The predicted octanol–water partition coefficient (Wildman–Crippen LogP) is 3.31. The SMILES string of the molecule is CCOC(=O)C=Cc1oc2ccc(Cl)c3c2c1CNCC3. The minimum atomic E-state index is -0.370. The Morgan fingerprint density at radius 3 is 3.14 bits per heavy atom. The lowest BCUT2D eigenvalue weighted by Crippen LogP contribution is -2.14. The van der Waals surface area contributed by atoms with E-state index in [4.69, 9.17) is 20.8 Å². The van der Waals surface area contributed by atoms with Crippen LogP contribution in [0.15, 0.2) is 22.6 Å². The maximum Gasteiger partial charge on any atom is 0.330 e. The summed E-state index contributed by atoms with van der Waals surface area (Å²) in [5.74, 6) is 0.306. The van der Waals surface area contributed by atoms with Gasteiger partial charge in [0.15, 0.2) is 0 Å². The molecule has 1 aliphatic rings. The lowest BCUT2D eigenvalue weighted by atomic mass is 10.0. The highest BCUT2D eigenvalue weighted by Gasteiger charge is 2.20. The zero-order chi connectivity index (χ0) is 14.8. The number of carbonyl (C=O) groups excluding carboxylic acids is 1. The number of hydrogen-bond donors (Lipinski definition) is 1. The molecule has 1 aromatic heterocycles. The molecular formula is C16H16ClNO3. The van der Waals surface area contributed by atoms with Crippen molar-refractivity contribution in [3.63, 3.8) is 0 Å². The van der Waals surface area contributed by atoms with Crippen molar-refractivity contribution in [1.82, 2.24) is 5.32 Å². The number of ether oxygens (including phenoxy) is 1. The van der Waals surface area contributed by atoms with Crippen LogP contribution in [0.25, 0.3) is 17.0 Å². The zero-order valence-electron chi connectivity index (χ0n) is 11.7. The van der Waals surface area contributed by atoms with Crippen molar-refractivity contribution in [2.75, 3.05) is 13.2 Å². The number of nitrogens with one attached hydrogen (secondary N) is 1. The summed E-state index contributed by atoms with van der Waals surface area (Å²) in [7, 11) is 0. The molecule has 1 aromatic carbocycles. The Balaban J connectivity index is 2.08. The summed E-state index contributed by atoms with van der Waals surface area (Å²) in [4.78, 5) is 11.4. The fraction of sp³-hybridized carbons (Fsp3) is 0.312. The highest BCUT2D eigenvalue weighted by Crippen LogP contribution is 2.35. The van der Waals surface area contributed by atoms with Gasteiger partial charge in [-0.25, -0.2) is 4.79 Å². The molecule has 0 saturated carbocycles. The number of carbonyl (C=O) groups is 1. The molecule has 0 atom stereocenters. The first-order chi connectivity index (χ1) is 10.2. The van der Waals surface area contributed by atoms with Crippen molar-refractivity contribution in [2.45, 2.75) is 19.9 Å². The third-order valence-electron chi connectivity index (χ3n) is 3.55. The molecule has 5 heteroatoms. The van der Waals surface area contributed by atoms with Crippen molar-refractivity contribution < 1.29 is 13.9 Å². The molecule has 110 valence electrons. The Labute approximate surface area is 127 Å². The van der Waals surface area contributed by atoms with Gasteiger partial charge in [-0.1, -0.05) is 11.6 Å². The highest BCUT2D eigenvalue weighted by atomic mass is 35.5. The molecule has 1 N–H and O–H groups in total. The van der Waals surface area contributed by atoms with E-state index in [-0.39, 0.29) is 5.97 Å². The van der Waals surface area contributed by atoms with Crippen LogP contribution in [-0.2, 0) is 22.5 Å². The lowest BCUT2D eigenvalue weighted by Gasteiger charge is -2.02. The molecule has 2 heterocycles. The normalized spacial score (nSPS) is 14.6. The number of halogens is 1. The fourth-order valence-electron chi connectivity index (χ4n) is 2.64. The summed E-state index contributed by atoms with van der Waals surface area (Å²) < 4.78 is 10.7. The van der Waals surface area contributed by atoms with Gasteiger partial charge in [-0.15, -0.1) is 0 Å². The van der Waals surface area contributed by atoms with Crippen LogP contribution < -0.4 is 5.32 Å². The van der Waals surface area contributed by atoms with E-state index in [9.17, 15) is 4.79 Å². The molecule has 1 aliphatic heterocycles. The highest BCUT2D eigenvalue weighted by molar-refractivity contribution is 6.32. The average molecular weight is 306 g/mol. The van der Waals surface area contributed by atoms with Gasteiger partial charge in [0.2, 0.25) is 0 Å².